The number of likely N-dealkylation sites (N-methyl/N-ethyl adjacent to an activating group) is 1. The molecular formula is C42H58N6O7S2. The summed E-state index contributed by atoms with van der Waals surface area (Å²) in [7, 11) is 0. The van der Waals surface area contributed by atoms with Gasteiger partial charge in [0.05, 0.1) is 54.7 Å². The minimum Gasteiger partial charge on any atom is -0.506 e. The van der Waals surface area contributed by atoms with Crippen molar-refractivity contribution in [3.63, 3.8) is 0 Å². The summed E-state index contributed by atoms with van der Waals surface area (Å²) in [6, 6.07) is 11.6. The second-order valence-electron chi connectivity index (χ2n) is 15.2. The summed E-state index contributed by atoms with van der Waals surface area (Å²) < 4.78 is 19.0. The average molecular weight is 823 g/mol. The predicted molar refractivity (Wildman–Crippen MR) is 225 cm³/mol. The molecule has 0 radical (unpaired) electrons. The molecule has 2 aromatic heterocycles. The Morgan fingerprint density at radius 2 is 1.88 bits per heavy atom. The van der Waals surface area contributed by atoms with Gasteiger partial charge in [-0.05, 0) is 74.9 Å². The van der Waals surface area contributed by atoms with Crippen molar-refractivity contribution < 1.29 is 28.9 Å². The zero-order valence-corrected chi connectivity index (χ0v) is 35.2. The number of carbonyl (C=O) groups is 2. The minimum atomic E-state index is -0.265. The summed E-state index contributed by atoms with van der Waals surface area (Å²) in [4.78, 5) is 51.1. The zero-order chi connectivity index (χ0) is 40.2. The third kappa shape index (κ3) is 11.9. The number of morpholine rings is 1. The first kappa shape index (κ1) is 42.7. The van der Waals surface area contributed by atoms with Gasteiger partial charge in [-0.2, -0.15) is 0 Å². The summed E-state index contributed by atoms with van der Waals surface area (Å²) in [5.74, 6) is 1.36. The molecule has 4 heterocycles. The molecule has 0 aliphatic carbocycles. The van der Waals surface area contributed by atoms with Crippen LogP contribution in [0, 0.1) is 0 Å². The van der Waals surface area contributed by atoms with E-state index in [2.05, 4.69) is 46.2 Å². The molecule has 6 rings (SSSR count). The van der Waals surface area contributed by atoms with E-state index in [9.17, 15) is 19.5 Å². The highest BCUT2D eigenvalue weighted by molar-refractivity contribution is 7.16. The maximum Gasteiger partial charge on any atom is 0.305 e. The molecular weight excluding hydrogens is 765 g/mol. The number of phenolic OH excluding ortho intramolecular Hbond substituents is 1. The van der Waals surface area contributed by atoms with Crippen LogP contribution in [-0.2, 0) is 27.1 Å². The second-order valence-corrected chi connectivity index (χ2v) is 17.1. The van der Waals surface area contributed by atoms with Crippen LogP contribution in [0.1, 0.15) is 79.0 Å². The number of hydrogen-bond acceptors (Lipinski definition) is 12. The van der Waals surface area contributed by atoms with Crippen LogP contribution in [0.3, 0.4) is 0 Å². The summed E-state index contributed by atoms with van der Waals surface area (Å²) in [5, 5.41) is 16.3. The number of nitrogens with one attached hydrogen (secondary N) is 2. The van der Waals surface area contributed by atoms with Crippen LogP contribution in [0.5, 0.6) is 11.5 Å². The number of phenols is 1. The van der Waals surface area contributed by atoms with E-state index in [1.807, 2.05) is 40.3 Å². The number of rotatable bonds is 20. The van der Waals surface area contributed by atoms with Gasteiger partial charge in [0.15, 0.2) is 0 Å². The number of H-pyrrole nitrogens is 1. The molecule has 0 saturated carbocycles. The van der Waals surface area contributed by atoms with Gasteiger partial charge in [-0.3, -0.25) is 14.4 Å². The van der Waals surface area contributed by atoms with E-state index in [0.717, 1.165) is 83.2 Å². The number of ether oxygens (including phenoxy) is 3. The molecule has 310 valence electrons. The number of piperidine rings is 1. The van der Waals surface area contributed by atoms with Gasteiger partial charge < -0.3 is 44.3 Å². The first-order valence-corrected chi connectivity index (χ1v) is 22.1. The molecule has 0 bridgehead atoms. The van der Waals surface area contributed by atoms with Gasteiger partial charge in [-0.1, -0.05) is 43.4 Å². The fourth-order valence-electron chi connectivity index (χ4n) is 7.45. The van der Waals surface area contributed by atoms with E-state index >= 15 is 0 Å². The third-order valence-electron chi connectivity index (χ3n) is 10.8. The fraction of sp³-hybridized carbons (Fsp3) is 0.571. The Hall–Kier alpha value is -3.86. The van der Waals surface area contributed by atoms with Crippen LogP contribution < -0.4 is 14.9 Å². The zero-order valence-electron chi connectivity index (χ0n) is 33.6. The monoisotopic (exact) mass is 822 g/mol. The molecule has 15 heteroatoms. The molecule has 0 unspecified atom stereocenters. The van der Waals surface area contributed by atoms with E-state index < -0.39 is 0 Å². The molecule has 2 saturated heterocycles. The van der Waals surface area contributed by atoms with Crippen molar-refractivity contribution in [3.05, 3.63) is 73.3 Å². The van der Waals surface area contributed by atoms with Gasteiger partial charge in [0.25, 0.3) is 5.91 Å². The van der Waals surface area contributed by atoms with Crippen molar-refractivity contribution >= 4 is 44.7 Å². The van der Waals surface area contributed by atoms with Gasteiger partial charge in [-0.15, -0.1) is 11.3 Å². The Morgan fingerprint density at radius 1 is 1.07 bits per heavy atom. The number of hydrogen-bond donors (Lipinski definition) is 3. The highest BCUT2D eigenvalue weighted by Crippen LogP contribution is 2.32. The van der Waals surface area contributed by atoms with Crippen molar-refractivity contribution in [2.45, 2.75) is 70.8 Å². The molecule has 0 atom stereocenters. The standard InChI is InChI=1S/C42H58N6O7S2/c1-4-47(22-18-43-17-12-32-8-11-35(49)37-38(32)57-41(52)45-37)36(50)14-26-53-25-13-31-6-9-33(10-7-31)54-24-5-19-46-20-15-42(16-21-46)29-48(23-27-55-42)40(51)34-28-56-39(44-34)30(2)3/h6-11,28,30,43,49H,4-5,12-27,29H2,1-3H3,(H,45,52). The SMILES string of the molecule is CCN(CCNCCc1ccc(O)c2[nH]c(=O)sc12)C(=O)CCOCCc1ccc(OCCCN2CCC3(CC2)CN(C(=O)c2csc(C(C)C)n2)CCO3)cc1. The summed E-state index contributed by atoms with van der Waals surface area (Å²) in [5.41, 5.74) is 2.96. The van der Waals surface area contributed by atoms with Gasteiger partial charge >= 0.3 is 4.87 Å². The van der Waals surface area contributed by atoms with Crippen LogP contribution in [0.4, 0.5) is 0 Å². The van der Waals surface area contributed by atoms with Gasteiger partial charge in [0, 0.05) is 57.1 Å². The number of amides is 2. The molecule has 2 aromatic carbocycles. The van der Waals surface area contributed by atoms with Crippen molar-refractivity contribution in [3.8, 4) is 11.5 Å². The van der Waals surface area contributed by atoms with Gasteiger partial charge in [0.1, 0.15) is 22.7 Å². The molecule has 13 nitrogen and oxygen atoms in total. The highest BCUT2D eigenvalue weighted by atomic mass is 32.1. The van der Waals surface area contributed by atoms with Gasteiger partial charge in [0.2, 0.25) is 5.91 Å². The molecule has 1 spiro atoms. The molecule has 2 aliphatic rings. The quantitative estimate of drug-likeness (QED) is 0.101. The first-order chi connectivity index (χ1) is 27.6. The Bertz CT molecular complexity index is 1950. The molecule has 2 amide bonds. The molecule has 57 heavy (non-hydrogen) atoms. The maximum atomic E-state index is 13.2. The van der Waals surface area contributed by atoms with Crippen LogP contribution in [-0.4, -0.2) is 133 Å². The lowest BCUT2D eigenvalue weighted by atomic mass is 9.89. The number of fused-ring (bicyclic) bond motifs is 1. The number of benzene rings is 2. The van der Waals surface area contributed by atoms with Crippen molar-refractivity contribution in [2.24, 2.45) is 0 Å². The van der Waals surface area contributed by atoms with Crippen molar-refractivity contribution in [2.75, 3.05) is 85.3 Å². The Labute approximate surface area is 343 Å². The van der Waals surface area contributed by atoms with E-state index in [0.29, 0.717) is 95.7 Å². The summed E-state index contributed by atoms with van der Waals surface area (Å²) in [6.45, 7) is 15.1. The fourth-order valence-corrected chi connectivity index (χ4v) is 9.16. The number of nitrogens with zero attached hydrogens (tertiary/aromatic N) is 4. The first-order valence-electron chi connectivity index (χ1n) is 20.4. The number of likely N-dealkylation sites (tertiary alicyclic amines) is 1. The smallest absolute Gasteiger partial charge is 0.305 e. The molecule has 2 fully saturated rings. The minimum absolute atomic E-state index is 0.0220. The number of aromatic hydroxyl groups is 1. The lowest BCUT2D eigenvalue weighted by Crippen LogP contribution is -2.58. The van der Waals surface area contributed by atoms with Crippen LogP contribution in [0.25, 0.3) is 10.2 Å². The number of aromatic amines is 1. The predicted octanol–water partition coefficient (Wildman–Crippen LogP) is 5.28. The Morgan fingerprint density at radius 3 is 2.63 bits per heavy atom. The highest BCUT2D eigenvalue weighted by Gasteiger charge is 2.41. The van der Waals surface area contributed by atoms with Crippen LogP contribution in [0.2, 0.25) is 0 Å². The molecule has 4 aromatic rings. The maximum absolute atomic E-state index is 13.2. The molecule has 2 aliphatic heterocycles. The van der Waals surface area contributed by atoms with E-state index in [1.54, 1.807) is 17.4 Å². The van der Waals surface area contributed by atoms with Gasteiger partial charge in [-0.25, -0.2) is 4.98 Å². The largest absolute Gasteiger partial charge is 0.506 e. The Kier molecular flexibility index (Phi) is 15.5. The second kappa shape index (κ2) is 20.7. The lowest BCUT2D eigenvalue weighted by molar-refractivity contribution is -0.132. The number of carbonyl (C=O) groups excluding carboxylic acids is 2. The summed E-state index contributed by atoms with van der Waals surface area (Å²) in [6.07, 6.45) is 4.59. The van der Waals surface area contributed by atoms with E-state index in [-0.39, 0.29) is 28.0 Å². The summed E-state index contributed by atoms with van der Waals surface area (Å²) >= 11 is 2.67. The number of thiazole rings is 2. The van der Waals surface area contributed by atoms with E-state index in [4.69, 9.17) is 14.2 Å². The average Bonchev–Trinajstić information content (AvgIpc) is 3.88. The van der Waals surface area contributed by atoms with Crippen molar-refractivity contribution in [1.29, 1.82) is 0 Å². The third-order valence-corrected chi connectivity index (χ3v) is 13.0. The lowest BCUT2D eigenvalue weighted by Gasteiger charge is -2.47. The van der Waals surface area contributed by atoms with Crippen LogP contribution >= 0.6 is 22.7 Å². The Balaban J connectivity index is 0.793. The molecule has 3 N–H and O–H groups in total. The topological polar surface area (TPSA) is 150 Å². The van der Waals surface area contributed by atoms with Crippen molar-refractivity contribution in [1.82, 2.24) is 30.0 Å². The van der Waals surface area contributed by atoms with Crippen LogP contribution in [0.15, 0.2) is 46.6 Å². The van der Waals surface area contributed by atoms with E-state index in [1.165, 1.54) is 0 Å². The normalized spacial score (nSPS) is 15.8. The number of aromatic nitrogens is 2.